The molecule has 0 amide bonds. The molecule has 0 saturated heterocycles. The van der Waals surface area contributed by atoms with Crippen molar-refractivity contribution in [3.63, 3.8) is 0 Å². The first-order chi connectivity index (χ1) is 8.07. The second-order valence-corrected chi connectivity index (χ2v) is 5.64. The average Bonchev–Trinajstić information content (AvgIpc) is 2.29. The Bertz CT molecular complexity index is 415. The molecular weight excluding hydrogens is 236 g/mol. The topological polar surface area (TPSA) is 54.4 Å². The fourth-order valence-electron chi connectivity index (χ4n) is 1.65. The van der Waals surface area contributed by atoms with Gasteiger partial charge in [-0.1, -0.05) is 38.0 Å². The van der Waals surface area contributed by atoms with Crippen LogP contribution in [0.1, 0.15) is 31.7 Å². The van der Waals surface area contributed by atoms with Gasteiger partial charge in [-0.2, -0.15) is 0 Å². The summed E-state index contributed by atoms with van der Waals surface area (Å²) in [7, 11) is -1.46. The molecule has 1 rings (SSSR count). The lowest BCUT2D eigenvalue weighted by Crippen LogP contribution is -2.26. The van der Waals surface area contributed by atoms with Crippen molar-refractivity contribution in [3.8, 4) is 0 Å². The molecule has 0 aliphatic carbocycles. The number of carboxylic acids is 1. The van der Waals surface area contributed by atoms with Crippen molar-refractivity contribution in [3.05, 3.63) is 29.8 Å². The van der Waals surface area contributed by atoms with Crippen LogP contribution in [0, 0.1) is 6.92 Å². The van der Waals surface area contributed by atoms with E-state index >= 15 is 0 Å². The number of hydrogen-bond acceptors (Lipinski definition) is 2. The van der Waals surface area contributed by atoms with Crippen LogP contribution < -0.4 is 0 Å². The maximum atomic E-state index is 12.2. The van der Waals surface area contributed by atoms with Crippen LogP contribution in [0.15, 0.2) is 29.2 Å². The van der Waals surface area contributed by atoms with Gasteiger partial charge in [0, 0.05) is 4.90 Å². The van der Waals surface area contributed by atoms with Crippen LogP contribution in [0.3, 0.4) is 0 Å². The minimum atomic E-state index is -1.46. The molecule has 17 heavy (non-hydrogen) atoms. The molecule has 94 valence electrons. The number of aryl methyl sites for hydroxylation is 1. The van der Waals surface area contributed by atoms with Crippen LogP contribution >= 0.6 is 0 Å². The molecule has 4 heteroatoms. The lowest BCUT2D eigenvalue weighted by atomic mass is 10.2. The predicted molar refractivity (Wildman–Crippen MR) is 68.5 cm³/mol. The molecule has 1 aromatic carbocycles. The van der Waals surface area contributed by atoms with Gasteiger partial charge in [0.05, 0.1) is 10.8 Å². The van der Waals surface area contributed by atoms with E-state index in [0.717, 1.165) is 18.4 Å². The van der Waals surface area contributed by atoms with Gasteiger partial charge in [0.25, 0.3) is 0 Å². The minimum Gasteiger partial charge on any atom is -0.480 e. The number of carbonyl (C=O) groups is 1. The summed E-state index contributed by atoms with van der Waals surface area (Å²) in [6, 6.07) is 7.25. The molecule has 0 saturated carbocycles. The summed E-state index contributed by atoms with van der Waals surface area (Å²) in [5.74, 6) is -0.972. The van der Waals surface area contributed by atoms with Gasteiger partial charge in [-0.25, -0.2) is 0 Å². The summed E-state index contributed by atoms with van der Waals surface area (Å²) in [5, 5.41) is 8.33. The molecular formula is C13H18O3S. The zero-order valence-corrected chi connectivity index (χ0v) is 11.0. The quantitative estimate of drug-likeness (QED) is 0.849. The summed E-state index contributed by atoms with van der Waals surface area (Å²) in [6.07, 6.45) is 2.16. The lowest BCUT2D eigenvalue weighted by molar-refractivity contribution is -0.136. The Morgan fingerprint density at radius 2 is 2.06 bits per heavy atom. The number of rotatable bonds is 6. The van der Waals surface area contributed by atoms with Crippen LogP contribution in [0.4, 0.5) is 0 Å². The number of benzene rings is 1. The van der Waals surface area contributed by atoms with Crippen molar-refractivity contribution in [2.24, 2.45) is 0 Å². The van der Waals surface area contributed by atoms with E-state index in [1.54, 1.807) is 12.1 Å². The van der Waals surface area contributed by atoms with Gasteiger partial charge >= 0.3 is 5.97 Å². The van der Waals surface area contributed by atoms with Gasteiger partial charge in [-0.05, 0) is 25.0 Å². The van der Waals surface area contributed by atoms with E-state index in [0.29, 0.717) is 11.3 Å². The Morgan fingerprint density at radius 3 is 2.59 bits per heavy atom. The summed E-state index contributed by atoms with van der Waals surface area (Å²) >= 11 is 0. The first-order valence-corrected chi connectivity index (χ1v) is 6.98. The monoisotopic (exact) mass is 254 g/mol. The molecule has 0 bridgehead atoms. The zero-order valence-electron chi connectivity index (χ0n) is 10.2. The maximum absolute atomic E-state index is 12.2. The van der Waals surface area contributed by atoms with Gasteiger partial charge in [0.1, 0.15) is 5.25 Å². The van der Waals surface area contributed by atoms with Crippen LogP contribution in [-0.2, 0) is 15.6 Å². The molecule has 0 heterocycles. The van der Waals surface area contributed by atoms with E-state index in [9.17, 15) is 9.00 Å². The summed E-state index contributed by atoms with van der Waals surface area (Å²) in [6.45, 7) is 3.85. The van der Waals surface area contributed by atoms with Crippen LogP contribution in [0.5, 0.6) is 0 Å². The molecule has 1 N–H and O–H groups in total. The smallest absolute Gasteiger partial charge is 0.319 e. The van der Waals surface area contributed by atoms with E-state index in [1.165, 1.54) is 0 Å². The van der Waals surface area contributed by atoms with Gasteiger partial charge in [-0.15, -0.1) is 0 Å². The molecule has 0 aliphatic rings. The SMILES string of the molecule is CCCCC(C(=O)O)S(=O)c1ccccc1C. The van der Waals surface area contributed by atoms with Crippen molar-refractivity contribution in [2.75, 3.05) is 0 Å². The first-order valence-electron chi connectivity index (χ1n) is 5.77. The zero-order chi connectivity index (χ0) is 12.8. The molecule has 0 aliphatic heterocycles. The maximum Gasteiger partial charge on any atom is 0.319 e. The fourth-order valence-corrected chi connectivity index (χ4v) is 3.12. The third kappa shape index (κ3) is 3.66. The normalized spacial score (nSPS) is 14.2. The van der Waals surface area contributed by atoms with Crippen molar-refractivity contribution < 1.29 is 14.1 Å². The highest BCUT2D eigenvalue weighted by atomic mass is 32.2. The van der Waals surface area contributed by atoms with Crippen LogP contribution in [0.2, 0.25) is 0 Å². The molecule has 0 spiro atoms. The van der Waals surface area contributed by atoms with Crippen LogP contribution in [0.25, 0.3) is 0 Å². The standard InChI is InChI=1S/C13H18O3S/c1-3-4-8-12(13(14)15)17(16)11-9-6-5-7-10(11)2/h5-7,9,12H,3-4,8H2,1-2H3,(H,14,15). The second-order valence-electron chi connectivity index (χ2n) is 4.03. The molecule has 0 radical (unpaired) electrons. The average molecular weight is 254 g/mol. The van der Waals surface area contributed by atoms with Gasteiger partial charge in [0.2, 0.25) is 0 Å². The highest BCUT2D eigenvalue weighted by Gasteiger charge is 2.25. The Labute approximate surface area is 104 Å². The number of unbranched alkanes of at least 4 members (excludes halogenated alkanes) is 1. The Morgan fingerprint density at radius 1 is 1.41 bits per heavy atom. The van der Waals surface area contributed by atoms with Gasteiger partial charge in [-0.3, -0.25) is 9.00 Å². The fraction of sp³-hybridized carbons (Fsp3) is 0.462. The molecule has 1 aromatic rings. The van der Waals surface area contributed by atoms with Gasteiger partial charge in [0.15, 0.2) is 0 Å². The van der Waals surface area contributed by atoms with E-state index < -0.39 is 22.0 Å². The highest BCUT2D eigenvalue weighted by Crippen LogP contribution is 2.19. The molecule has 0 fully saturated rings. The van der Waals surface area contributed by atoms with E-state index in [4.69, 9.17) is 5.11 Å². The molecule has 2 atom stereocenters. The summed E-state index contributed by atoms with van der Waals surface area (Å²) in [4.78, 5) is 11.8. The Hall–Kier alpha value is -1.16. The van der Waals surface area contributed by atoms with Crippen molar-refractivity contribution in [1.82, 2.24) is 0 Å². The molecule has 2 unspecified atom stereocenters. The Kier molecular flexibility index (Phi) is 5.35. The van der Waals surface area contributed by atoms with E-state index in [2.05, 4.69) is 0 Å². The van der Waals surface area contributed by atoms with Gasteiger partial charge < -0.3 is 5.11 Å². The lowest BCUT2D eigenvalue weighted by Gasteiger charge is -2.13. The number of aliphatic carboxylic acids is 1. The highest BCUT2D eigenvalue weighted by molar-refractivity contribution is 7.86. The van der Waals surface area contributed by atoms with Crippen molar-refractivity contribution >= 4 is 16.8 Å². The summed E-state index contributed by atoms with van der Waals surface area (Å²) in [5.41, 5.74) is 0.883. The summed E-state index contributed by atoms with van der Waals surface area (Å²) < 4.78 is 12.2. The van der Waals surface area contributed by atoms with E-state index in [1.807, 2.05) is 26.0 Å². The predicted octanol–water partition coefficient (Wildman–Crippen LogP) is 2.75. The second kappa shape index (κ2) is 6.55. The minimum absolute atomic E-state index is 0.465. The number of carboxylic acid groups (broad SMARTS) is 1. The third-order valence-electron chi connectivity index (χ3n) is 2.66. The van der Waals surface area contributed by atoms with Crippen LogP contribution in [-0.4, -0.2) is 20.5 Å². The van der Waals surface area contributed by atoms with E-state index in [-0.39, 0.29) is 0 Å². The Balaban J connectivity index is 2.92. The largest absolute Gasteiger partial charge is 0.480 e. The molecule has 3 nitrogen and oxygen atoms in total. The number of hydrogen-bond donors (Lipinski definition) is 1. The first kappa shape index (κ1) is 13.9. The third-order valence-corrected chi connectivity index (χ3v) is 4.51. The van der Waals surface area contributed by atoms with Crippen molar-refractivity contribution in [1.29, 1.82) is 0 Å². The van der Waals surface area contributed by atoms with Crippen molar-refractivity contribution in [2.45, 2.75) is 43.3 Å². The molecule has 0 aromatic heterocycles.